The van der Waals surface area contributed by atoms with Crippen LogP contribution in [0.2, 0.25) is 0 Å². The molecule has 130 valence electrons. The van der Waals surface area contributed by atoms with Crippen LogP contribution in [-0.2, 0) is 26.6 Å². The first-order chi connectivity index (χ1) is 11.1. The summed E-state index contributed by atoms with van der Waals surface area (Å²) in [5, 5.41) is 0. The average molecular weight is 372 g/mol. The Morgan fingerprint density at radius 1 is 1.00 bits per heavy atom. The molecule has 6 nitrogen and oxygen atoms in total. The highest BCUT2D eigenvalue weighted by Crippen LogP contribution is 2.17. The van der Waals surface area contributed by atoms with Crippen molar-refractivity contribution >= 4 is 25.7 Å². The number of hydrogen-bond acceptors (Lipinski definition) is 4. The van der Waals surface area contributed by atoms with Crippen LogP contribution >= 0.6 is 0 Å². The minimum absolute atomic E-state index is 0.0421. The number of nitrogens with zero attached hydrogens (tertiary/aromatic N) is 1. The van der Waals surface area contributed by atoms with Gasteiger partial charge in [-0.3, -0.25) is 4.31 Å². The van der Waals surface area contributed by atoms with Crippen LogP contribution in [0.4, 0.5) is 10.1 Å². The molecule has 0 fully saturated rings. The zero-order chi connectivity index (χ0) is 18.0. The predicted octanol–water partition coefficient (Wildman–Crippen LogP) is 1.70. The van der Waals surface area contributed by atoms with Crippen molar-refractivity contribution in [1.82, 2.24) is 4.72 Å². The molecule has 0 aliphatic carbocycles. The summed E-state index contributed by atoms with van der Waals surface area (Å²) in [5.41, 5.74) is 1.07. The van der Waals surface area contributed by atoms with Gasteiger partial charge in [0.05, 0.1) is 11.9 Å². The van der Waals surface area contributed by atoms with E-state index in [1.54, 1.807) is 24.3 Å². The Hall–Kier alpha value is -1.97. The summed E-state index contributed by atoms with van der Waals surface area (Å²) in [6, 6.07) is 11.4. The molecule has 0 aromatic heterocycles. The van der Waals surface area contributed by atoms with Gasteiger partial charge in [-0.25, -0.2) is 25.9 Å². The summed E-state index contributed by atoms with van der Waals surface area (Å²) in [6.45, 7) is -0.0421. The fraction of sp³-hybridized carbons (Fsp3) is 0.200. The van der Waals surface area contributed by atoms with Crippen molar-refractivity contribution in [3.63, 3.8) is 0 Å². The molecule has 0 radical (unpaired) electrons. The number of anilines is 1. The summed E-state index contributed by atoms with van der Waals surface area (Å²) < 4.78 is 64.1. The highest BCUT2D eigenvalue weighted by Gasteiger charge is 2.18. The van der Waals surface area contributed by atoms with E-state index < -0.39 is 30.8 Å². The molecular formula is C15H17FN2O4S2. The Bertz CT molecular complexity index is 926. The summed E-state index contributed by atoms with van der Waals surface area (Å²) in [5.74, 6) is -0.824. The highest BCUT2D eigenvalue weighted by atomic mass is 32.2. The normalized spacial score (nSPS) is 12.1. The molecule has 0 amide bonds. The topological polar surface area (TPSA) is 83.6 Å². The molecule has 0 heterocycles. The summed E-state index contributed by atoms with van der Waals surface area (Å²) >= 11 is 0. The van der Waals surface area contributed by atoms with E-state index in [1.165, 1.54) is 25.2 Å². The van der Waals surface area contributed by atoms with Crippen LogP contribution in [0.3, 0.4) is 0 Å². The van der Waals surface area contributed by atoms with Crippen molar-refractivity contribution in [2.75, 3.05) is 17.6 Å². The summed E-state index contributed by atoms with van der Waals surface area (Å²) in [6.07, 6.45) is 1.09. The maximum absolute atomic E-state index is 13.6. The van der Waals surface area contributed by atoms with Crippen LogP contribution < -0.4 is 9.03 Å². The van der Waals surface area contributed by atoms with Gasteiger partial charge >= 0.3 is 0 Å². The lowest BCUT2D eigenvalue weighted by Crippen LogP contribution is -2.25. The number of hydrogen-bond donors (Lipinski definition) is 1. The van der Waals surface area contributed by atoms with E-state index in [4.69, 9.17) is 0 Å². The van der Waals surface area contributed by atoms with E-state index in [2.05, 4.69) is 4.72 Å². The van der Waals surface area contributed by atoms with Gasteiger partial charge in [-0.05, 0) is 29.8 Å². The number of rotatable bonds is 6. The van der Waals surface area contributed by atoms with Crippen molar-refractivity contribution in [1.29, 1.82) is 0 Å². The minimum atomic E-state index is -3.97. The fourth-order valence-electron chi connectivity index (χ4n) is 1.93. The number of nitrogens with one attached hydrogen (secondary N) is 1. The molecule has 2 rings (SSSR count). The maximum Gasteiger partial charge on any atom is 0.243 e. The number of sulfonamides is 2. The van der Waals surface area contributed by atoms with E-state index in [1.807, 2.05) is 0 Å². The van der Waals surface area contributed by atoms with Crippen LogP contribution in [0.25, 0.3) is 0 Å². The first kappa shape index (κ1) is 18.4. The summed E-state index contributed by atoms with van der Waals surface area (Å²) in [7, 11) is -5.91. The van der Waals surface area contributed by atoms with Crippen LogP contribution in [0.15, 0.2) is 53.4 Å². The van der Waals surface area contributed by atoms with Gasteiger partial charge in [-0.15, -0.1) is 0 Å². The number of benzene rings is 2. The molecule has 0 aliphatic rings. The third kappa shape index (κ3) is 4.31. The molecule has 9 heteroatoms. The Labute approximate surface area is 141 Å². The molecule has 24 heavy (non-hydrogen) atoms. The molecular weight excluding hydrogens is 355 g/mol. The van der Waals surface area contributed by atoms with Crippen molar-refractivity contribution in [3.05, 3.63) is 59.9 Å². The predicted molar refractivity (Wildman–Crippen MR) is 90.1 cm³/mol. The third-order valence-electron chi connectivity index (χ3n) is 3.39. The monoisotopic (exact) mass is 372 g/mol. The van der Waals surface area contributed by atoms with Gasteiger partial charge in [0.1, 0.15) is 10.7 Å². The standard InChI is InChI=1S/C15H17FN2O4S2/c1-18(23(2,19)20)13-9-7-12(8-10-13)11-17-24(21,22)15-6-4-3-5-14(15)16/h3-10,17H,11H2,1-2H3. The first-order valence-electron chi connectivity index (χ1n) is 6.88. The van der Waals surface area contributed by atoms with Crippen molar-refractivity contribution in [2.24, 2.45) is 0 Å². The second kappa shape index (κ2) is 6.88. The van der Waals surface area contributed by atoms with Gasteiger partial charge in [0.25, 0.3) is 0 Å². The van der Waals surface area contributed by atoms with E-state index in [0.29, 0.717) is 11.3 Å². The number of halogens is 1. The zero-order valence-corrected chi connectivity index (χ0v) is 14.7. The van der Waals surface area contributed by atoms with E-state index in [0.717, 1.165) is 16.6 Å². The van der Waals surface area contributed by atoms with Crippen molar-refractivity contribution in [2.45, 2.75) is 11.4 Å². The molecule has 2 aromatic rings. The summed E-state index contributed by atoms with van der Waals surface area (Å²) in [4.78, 5) is -0.418. The molecule has 0 spiro atoms. The van der Waals surface area contributed by atoms with Gasteiger partial charge in [0.15, 0.2) is 0 Å². The Morgan fingerprint density at radius 2 is 1.58 bits per heavy atom. The maximum atomic E-state index is 13.6. The van der Waals surface area contributed by atoms with E-state index >= 15 is 0 Å². The van der Waals surface area contributed by atoms with Gasteiger partial charge in [-0.1, -0.05) is 24.3 Å². The lowest BCUT2D eigenvalue weighted by Gasteiger charge is -2.16. The molecule has 0 bridgehead atoms. The van der Waals surface area contributed by atoms with Crippen LogP contribution in [0.5, 0.6) is 0 Å². The molecule has 0 aliphatic heterocycles. The molecule has 1 N–H and O–H groups in total. The van der Waals surface area contributed by atoms with Crippen molar-refractivity contribution < 1.29 is 21.2 Å². The zero-order valence-electron chi connectivity index (χ0n) is 13.1. The lowest BCUT2D eigenvalue weighted by atomic mass is 10.2. The second-order valence-corrected chi connectivity index (χ2v) is 8.90. The largest absolute Gasteiger partial charge is 0.274 e. The molecule has 0 unspecified atom stereocenters. The molecule has 0 saturated carbocycles. The van der Waals surface area contributed by atoms with Gasteiger partial charge in [0.2, 0.25) is 20.0 Å². The highest BCUT2D eigenvalue weighted by molar-refractivity contribution is 7.92. The lowest BCUT2D eigenvalue weighted by molar-refractivity contribution is 0.557. The van der Waals surface area contributed by atoms with E-state index in [9.17, 15) is 21.2 Å². The molecule has 0 saturated heterocycles. The van der Waals surface area contributed by atoms with Gasteiger partial charge in [-0.2, -0.15) is 0 Å². The molecule has 2 aromatic carbocycles. The Kier molecular flexibility index (Phi) is 5.26. The minimum Gasteiger partial charge on any atom is -0.274 e. The smallest absolute Gasteiger partial charge is 0.243 e. The fourth-order valence-corrected chi connectivity index (χ4v) is 3.53. The average Bonchev–Trinajstić information content (AvgIpc) is 2.52. The Morgan fingerprint density at radius 3 is 2.12 bits per heavy atom. The Balaban J connectivity index is 2.12. The van der Waals surface area contributed by atoms with Gasteiger partial charge in [0, 0.05) is 13.6 Å². The van der Waals surface area contributed by atoms with Gasteiger partial charge < -0.3 is 0 Å². The van der Waals surface area contributed by atoms with E-state index in [-0.39, 0.29) is 6.54 Å². The molecule has 0 atom stereocenters. The SMILES string of the molecule is CN(c1ccc(CNS(=O)(=O)c2ccccc2F)cc1)S(C)(=O)=O. The van der Waals surface area contributed by atoms with Crippen LogP contribution in [-0.4, -0.2) is 30.1 Å². The first-order valence-corrected chi connectivity index (χ1v) is 10.2. The quantitative estimate of drug-likeness (QED) is 0.837. The third-order valence-corrected chi connectivity index (χ3v) is 6.03. The van der Waals surface area contributed by atoms with Crippen molar-refractivity contribution in [3.8, 4) is 0 Å². The second-order valence-electron chi connectivity index (χ2n) is 5.15. The van der Waals surface area contributed by atoms with Crippen LogP contribution in [0, 0.1) is 5.82 Å². The van der Waals surface area contributed by atoms with Crippen LogP contribution in [0.1, 0.15) is 5.56 Å².